The highest BCUT2D eigenvalue weighted by atomic mass is 16.6. The standard InChI is InChI=1S/C12H17N3O3/c1-8-5-4-6-9(15(17)18)11(8)14-12(2,3)7-10(13)16/h4-6,14H,7H2,1-3H3,(H2,13,16). The number of nitrogens with zero attached hydrogens (tertiary/aromatic N) is 1. The summed E-state index contributed by atoms with van der Waals surface area (Å²) in [5, 5.41) is 14.0. The number of rotatable bonds is 5. The third-order valence-electron chi connectivity index (χ3n) is 2.53. The van der Waals surface area contributed by atoms with Gasteiger partial charge in [-0.2, -0.15) is 0 Å². The van der Waals surface area contributed by atoms with Crippen molar-refractivity contribution in [3.05, 3.63) is 33.9 Å². The molecule has 3 N–H and O–H groups in total. The quantitative estimate of drug-likeness (QED) is 0.617. The average molecular weight is 251 g/mol. The predicted molar refractivity (Wildman–Crippen MR) is 69.3 cm³/mol. The number of nitro benzene ring substituents is 1. The second kappa shape index (κ2) is 5.03. The number of carbonyl (C=O) groups excluding carboxylic acids is 1. The molecule has 0 radical (unpaired) electrons. The Hall–Kier alpha value is -2.11. The van der Waals surface area contributed by atoms with Crippen LogP contribution < -0.4 is 11.1 Å². The molecule has 18 heavy (non-hydrogen) atoms. The summed E-state index contributed by atoms with van der Waals surface area (Å²) in [4.78, 5) is 21.5. The van der Waals surface area contributed by atoms with Gasteiger partial charge in [-0.1, -0.05) is 12.1 Å². The van der Waals surface area contributed by atoms with E-state index in [1.54, 1.807) is 32.9 Å². The van der Waals surface area contributed by atoms with Crippen LogP contribution in [0.1, 0.15) is 25.8 Å². The Bertz CT molecular complexity index is 483. The van der Waals surface area contributed by atoms with Crippen molar-refractivity contribution < 1.29 is 9.72 Å². The van der Waals surface area contributed by atoms with Crippen LogP contribution >= 0.6 is 0 Å². The Morgan fingerprint density at radius 1 is 1.50 bits per heavy atom. The Labute approximate surface area is 105 Å². The molecule has 1 amide bonds. The van der Waals surface area contributed by atoms with Crippen molar-refractivity contribution in [2.75, 3.05) is 5.32 Å². The van der Waals surface area contributed by atoms with E-state index in [1.165, 1.54) is 6.07 Å². The molecule has 0 bridgehead atoms. The predicted octanol–water partition coefficient (Wildman–Crippen LogP) is 1.97. The smallest absolute Gasteiger partial charge is 0.292 e. The summed E-state index contributed by atoms with van der Waals surface area (Å²) in [6, 6.07) is 4.82. The highest BCUT2D eigenvalue weighted by Crippen LogP contribution is 2.31. The maximum absolute atomic E-state index is 11.0. The number of benzene rings is 1. The van der Waals surface area contributed by atoms with E-state index in [9.17, 15) is 14.9 Å². The van der Waals surface area contributed by atoms with E-state index < -0.39 is 16.4 Å². The number of amides is 1. The van der Waals surface area contributed by atoms with Crippen molar-refractivity contribution in [1.29, 1.82) is 0 Å². The lowest BCUT2D eigenvalue weighted by atomic mass is 9.98. The SMILES string of the molecule is Cc1cccc([N+](=O)[O-])c1NC(C)(C)CC(N)=O. The largest absolute Gasteiger partial charge is 0.374 e. The number of carbonyl (C=O) groups is 1. The normalized spacial score (nSPS) is 11.1. The first-order valence-electron chi connectivity index (χ1n) is 5.53. The van der Waals surface area contributed by atoms with Gasteiger partial charge in [0, 0.05) is 18.0 Å². The minimum absolute atomic E-state index is 0.00690. The number of nitrogens with two attached hydrogens (primary N) is 1. The molecule has 0 heterocycles. The molecule has 0 aliphatic rings. The van der Waals surface area contributed by atoms with Crippen LogP contribution in [0.5, 0.6) is 0 Å². The molecule has 0 aliphatic carbocycles. The molecule has 6 heteroatoms. The third kappa shape index (κ3) is 3.44. The van der Waals surface area contributed by atoms with Crippen molar-refractivity contribution in [3.63, 3.8) is 0 Å². The number of anilines is 1. The van der Waals surface area contributed by atoms with Gasteiger partial charge in [0.05, 0.1) is 4.92 Å². The summed E-state index contributed by atoms with van der Waals surface area (Å²) in [7, 11) is 0. The van der Waals surface area contributed by atoms with Crippen molar-refractivity contribution in [1.82, 2.24) is 0 Å². The second-order valence-electron chi connectivity index (χ2n) is 4.88. The molecule has 0 fully saturated rings. The zero-order valence-corrected chi connectivity index (χ0v) is 10.7. The van der Waals surface area contributed by atoms with Gasteiger partial charge in [-0.25, -0.2) is 0 Å². The van der Waals surface area contributed by atoms with Crippen LogP contribution in [0.2, 0.25) is 0 Å². The van der Waals surface area contributed by atoms with E-state index in [0.29, 0.717) is 5.69 Å². The Kier molecular flexibility index (Phi) is 3.90. The van der Waals surface area contributed by atoms with Gasteiger partial charge < -0.3 is 11.1 Å². The summed E-state index contributed by atoms with van der Waals surface area (Å²) in [6.45, 7) is 5.32. The number of primary amides is 1. The molecular weight excluding hydrogens is 234 g/mol. The molecule has 0 unspecified atom stereocenters. The van der Waals surface area contributed by atoms with Crippen molar-refractivity contribution >= 4 is 17.3 Å². The second-order valence-corrected chi connectivity index (χ2v) is 4.88. The fourth-order valence-electron chi connectivity index (χ4n) is 1.79. The monoisotopic (exact) mass is 251 g/mol. The molecule has 6 nitrogen and oxygen atoms in total. The molecule has 0 atom stereocenters. The summed E-state index contributed by atoms with van der Waals surface area (Å²) in [5.74, 6) is -0.455. The van der Waals surface area contributed by atoms with E-state index in [1.807, 2.05) is 0 Å². The highest BCUT2D eigenvalue weighted by molar-refractivity contribution is 5.76. The number of hydrogen-bond acceptors (Lipinski definition) is 4. The average Bonchev–Trinajstić information content (AvgIpc) is 2.18. The van der Waals surface area contributed by atoms with Crippen LogP contribution in [-0.2, 0) is 4.79 Å². The summed E-state index contributed by atoms with van der Waals surface area (Å²) < 4.78 is 0. The molecule has 0 saturated heterocycles. The minimum Gasteiger partial charge on any atom is -0.374 e. The van der Waals surface area contributed by atoms with Crippen LogP contribution in [0.15, 0.2) is 18.2 Å². The number of nitrogens with one attached hydrogen (secondary N) is 1. The zero-order valence-electron chi connectivity index (χ0n) is 10.7. The van der Waals surface area contributed by atoms with Crippen molar-refractivity contribution in [3.8, 4) is 0 Å². The molecule has 1 aromatic rings. The zero-order chi connectivity index (χ0) is 13.9. The van der Waals surface area contributed by atoms with Gasteiger partial charge in [0.25, 0.3) is 5.69 Å². The van der Waals surface area contributed by atoms with Crippen molar-refractivity contribution in [2.24, 2.45) is 5.73 Å². The molecule has 1 rings (SSSR count). The van der Waals surface area contributed by atoms with Crippen LogP contribution in [-0.4, -0.2) is 16.4 Å². The maximum Gasteiger partial charge on any atom is 0.292 e. The van der Waals surface area contributed by atoms with Crippen molar-refractivity contribution in [2.45, 2.75) is 32.7 Å². The van der Waals surface area contributed by atoms with Gasteiger partial charge in [-0.3, -0.25) is 14.9 Å². The maximum atomic E-state index is 11.0. The van der Waals surface area contributed by atoms with E-state index >= 15 is 0 Å². The number of nitro groups is 1. The first-order chi connectivity index (χ1) is 8.23. The molecule has 0 spiro atoms. The van der Waals surface area contributed by atoms with Gasteiger partial charge in [0.1, 0.15) is 5.69 Å². The minimum atomic E-state index is -0.636. The number of para-hydroxylation sites is 1. The fraction of sp³-hybridized carbons (Fsp3) is 0.417. The first-order valence-corrected chi connectivity index (χ1v) is 5.53. The Morgan fingerprint density at radius 2 is 2.11 bits per heavy atom. The van der Waals surface area contributed by atoms with Gasteiger partial charge in [0.2, 0.25) is 5.91 Å². The van der Waals surface area contributed by atoms with Crippen LogP contribution in [0.25, 0.3) is 0 Å². The summed E-state index contributed by atoms with van der Waals surface area (Å²) in [6.07, 6.45) is 0.0957. The molecule has 1 aromatic carbocycles. The Morgan fingerprint density at radius 3 is 2.61 bits per heavy atom. The van der Waals surface area contributed by atoms with Gasteiger partial charge in [0.15, 0.2) is 0 Å². The van der Waals surface area contributed by atoms with E-state index in [4.69, 9.17) is 5.73 Å². The molecule has 0 aromatic heterocycles. The lowest BCUT2D eigenvalue weighted by molar-refractivity contribution is -0.384. The summed E-state index contributed by atoms with van der Waals surface area (Å²) >= 11 is 0. The molecule has 0 aliphatic heterocycles. The number of hydrogen-bond donors (Lipinski definition) is 2. The Balaban J connectivity index is 3.10. The lowest BCUT2D eigenvalue weighted by Crippen LogP contribution is -2.36. The molecule has 98 valence electrons. The lowest BCUT2D eigenvalue weighted by Gasteiger charge is -2.26. The molecule has 0 saturated carbocycles. The third-order valence-corrected chi connectivity index (χ3v) is 2.53. The van der Waals surface area contributed by atoms with Gasteiger partial charge >= 0.3 is 0 Å². The highest BCUT2D eigenvalue weighted by Gasteiger charge is 2.25. The van der Waals surface area contributed by atoms with Crippen LogP contribution in [0.3, 0.4) is 0 Å². The van der Waals surface area contributed by atoms with E-state index in [2.05, 4.69) is 5.32 Å². The van der Waals surface area contributed by atoms with Gasteiger partial charge in [-0.05, 0) is 26.3 Å². The number of aryl methyl sites for hydroxylation is 1. The molecular formula is C12H17N3O3. The first kappa shape index (κ1) is 14.0. The van der Waals surface area contributed by atoms with Gasteiger partial charge in [-0.15, -0.1) is 0 Å². The van der Waals surface area contributed by atoms with Crippen LogP contribution in [0, 0.1) is 17.0 Å². The van der Waals surface area contributed by atoms with Crippen LogP contribution in [0.4, 0.5) is 11.4 Å². The fourth-order valence-corrected chi connectivity index (χ4v) is 1.79. The van der Waals surface area contributed by atoms with E-state index in [0.717, 1.165) is 5.56 Å². The van der Waals surface area contributed by atoms with E-state index in [-0.39, 0.29) is 12.1 Å². The summed E-state index contributed by atoms with van der Waals surface area (Å²) in [5.41, 5.74) is 5.69. The topological polar surface area (TPSA) is 98.3 Å².